The van der Waals surface area contributed by atoms with E-state index in [0.29, 0.717) is 12.2 Å². The summed E-state index contributed by atoms with van der Waals surface area (Å²) in [5.41, 5.74) is 0.527. The molecule has 1 aliphatic rings. The van der Waals surface area contributed by atoms with E-state index in [4.69, 9.17) is 14.2 Å². The quantitative estimate of drug-likeness (QED) is 0.571. The van der Waals surface area contributed by atoms with Crippen LogP contribution in [0.15, 0.2) is 42.5 Å². The van der Waals surface area contributed by atoms with Crippen molar-refractivity contribution in [2.75, 3.05) is 19.8 Å². The van der Waals surface area contributed by atoms with Crippen molar-refractivity contribution in [2.24, 2.45) is 0 Å². The van der Waals surface area contributed by atoms with Crippen LogP contribution in [0.2, 0.25) is 0 Å². The zero-order valence-electron chi connectivity index (χ0n) is 14.3. The second-order valence-electron chi connectivity index (χ2n) is 6.20. The molecule has 0 saturated carbocycles. The SMILES string of the molecule is CC(OCC1CCCO1)C(=O)OCC(=O)c1ccc2ccccc2c1. The summed E-state index contributed by atoms with van der Waals surface area (Å²) in [7, 11) is 0. The second kappa shape index (κ2) is 8.23. The van der Waals surface area contributed by atoms with Crippen LogP contribution < -0.4 is 0 Å². The van der Waals surface area contributed by atoms with Gasteiger partial charge in [0.2, 0.25) is 0 Å². The van der Waals surface area contributed by atoms with Crippen LogP contribution in [0.1, 0.15) is 30.1 Å². The molecule has 0 amide bonds. The van der Waals surface area contributed by atoms with Crippen molar-refractivity contribution in [3.63, 3.8) is 0 Å². The maximum Gasteiger partial charge on any atom is 0.335 e. The minimum absolute atomic E-state index is 0.0504. The number of carbonyl (C=O) groups is 2. The number of rotatable bonds is 7. The third kappa shape index (κ3) is 4.65. The summed E-state index contributed by atoms with van der Waals surface area (Å²) in [4.78, 5) is 24.2. The highest BCUT2D eigenvalue weighted by molar-refractivity contribution is 6.01. The van der Waals surface area contributed by atoms with Gasteiger partial charge in [0, 0.05) is 12.2 Å². The number of carbonyl (C=O) groups excluding carboxylic acids is 2. The molecule has 2 aromatic rings. The molecule has 1 heterocycles. The van der Waals surface area contributed by atoms with Gasteiger partial charge < -0.3 is 14.2 Å². The van der Waals surface area contributed by atoms with Crippen LogP contribution in [0.3, 0.4) is 0 Å². The van der Waals surface area contributed by atoms with Gasteiger partial charge in [-0.25, -0.2) is 4.79 Å². The first-order valence-corrected chi connectivity index (χ1v) is 8.55. The Kier molecular flexibility index (Phi) is 5.79. The highest BCUT2D eigenvalue weighted by atomic mass is 16.6. The molecule has 1 fully saturated rings. The van der Waals surface area contributed by atoms with Gasteiger partial charge in [0.05, 0.1) is 12.7 Å². The molecule has 5 heteroatoms. The first kappa shape index (κ1) is 17.6. The number of Topliss-reactive ketones (excluding diaryl/α,β-unsaturated/α-hetero) is 1. The van der Waals surface area contributed by atoms with Gasteiger partial charge in [0.15, 0.2) is 18.5 Å². The molecular formula is C20H22O5. The Morgan fingerprint density at radius 2 is 2.00 bits per heavy atom. The molecule has 0 N–H and O–H groups in total. The third-order valence-electron chi connectivity index (χ3n) is 4.30. The van der Waals surface area contributed by atoms with Gasteiger partial charge in [-0.15, -0.1) is 0 Å². The molecular weight excluding hydrogens is 320 g/mol. The van der Waals surface area contributed by atoms with Gasteiger partial charge in [-0.3, -0.25) is 4.79 Å². The Morgan fingerprint density at radius 3 is 2.76 bits per heavy atom. The summed E-state index contributed by atoms with van der Waals surface area (Å²) in [6.45, 7) is 2.45. The number of benzene rings is 2. The predicted octanol–water partition coefficient (Wildman–Crippen LogP) is 3.15. The first-order chi connectivity index (χ1) is 12.1. The second-order valence-corrected chi connectivity index (χ2v) is 6.20. The van der Waals surface area contributed by atoms with E-state index < -0.39 is 12.1 Å². The molecule has 0 bridgehead atoms. The fraction of sp³-hybridized carbons (Fsp3) is 0.400. The fourth-order valence-electron chi connectivity index (χ4n) is 2.80. The van der Waals surface area contributed by atoms with E-state index in [1.54, 1.807) is 13.0 Å². The van der Waals surface area contributed by atoms with Crippen LogP contribution in [0.5, 0.6) is 0 Å². The summed E-state index contributed by atoms with van der Waals surface area (Å²) in [5, 5.41) is 2.04. The lowest BCUT2D eigenvalue weighted by Gasteiger charge is -2.15. The minimum Gasteiger partial charge on any atom is -0.455 e. The molecule has 132 valence electrons. The maximum atomic E-state index is 12.2. The van der Waals surface area contributed by atoms with Crippen molar-refractivity contribution in [3.05, 3.63) is 48.0 Å². The minimum atomic E-state index is -0.714. The zero-order valence-corrected chi connectivity index (χ0v) is 14.3. The molecule has 3 rings (SSSR count). The van der Waals surface area contributed by atoms with E-state index in [1.807, 2.05) is 36.4 Å². The normalized spacial score (nSPS) is 18.2. The van der Waals surface area contributed by atoms with Gasteiger partial charge in [0.1, 0.15) is 0 Å². The van der Waals surface area contributed by atoms with E-state index in [9.17, 15) is 9.59 Å². The van der Waals surface area contributed by atoms with E-state index in [-0.39, 0.29) is 18.5 Å². The van der Waals surface area contributed by atoms with Crippen molar-refractivity contribution >= 4 is 22.5 Å². The Hall–Kier alpha value is -2.24. The average Bonchev–Trinajstić information content (AvgIpc) is 3.17. The topological polar surface area (TPSA) is 61.8 Å². The fourth-order valence-corrected chi connectivity index (χ4v) is 2.80. The van der Waals surface area contributed by atoms with Crippen LogP contribution in [-0.4, -0.2) is 43.8 Å². The number of ether oxygens (including phenoxy) is 3. The molecule has 1 aliphatic heterocycles. The average molecular weight is 342 g/mol. The largest absolute Gasteiger partial charge is 0.455 e. The standard InChI is InChI=1S/C20H22O5/c1-14(24-12-18-7-4-10-23-18)20(22)25-13-19(21)17-9-8-15-5-2-3-6-16(15)11-17/h2-3,5-6,8-9,11,14,18H,4,7,10,12-13H2,1H3. The molecule has 0 aromatic heterocycles. The third-order valence-corrected chi connectivity index (χ3v) is 4.30. The van der Waals surface area contributed by atoms with E-state index in [1.165, 1.54) is 0 Å². The lowest BCUT2D eigenvalue weighted by Crippen LogP contribution is -2.28. The Morgan fingerprint density at radius 1 is 1.20 bits per heavy atom. The Bertz CT molecular complexity index is 749. The summed E-state index contributed by atoms with van der Waals surface area (Å²) >= 11 is 0. The molecule has 25 heavy (non-hydrogen) atoms. The number of ketones is 1. The molecule has 0 aliphatic carbocycles. The lowest BCUT2D eigenvalue weighted by atomic mass is 10.0. The molecule has 0 spiro atoms. The molecule has 1 saturated heterocycles. The van der Waals surface area contributed by atoms with Crippen molar-refractivity contribution in [3.8, 4) is 0 Å². The molecule has 0 radical (unpaired) electrons. The molecule has 5 nitrogen and oxygen atoms in total. The van der Waals surface area contributed by atoms with Crippen molar-refractivity contribution in [2.45, 2.75) is 32.0 Å². The first-order valence-electron chi connectivity index (χ1n) is 8.55. The van der Waals surface area contributed by atoms with Crippen molar-refractivity contribution in [1.29, 1.82) is 0 Å². The highest BCUT2D eigenvalue weighted by Gasteiger charge is 2.21. The Labute approximate surface area is 146 Å². The monoisotopic (exact) mass is 342 g/mol. The van der Waals surface area contributed by atoms with Gasteiger partial charge in [-0.05, 0) is 36.6 Å². The molecule has 2 atom stereocenters. The number of hydrogen-bond acceptors (Lipinski definition) is 5. The molecule has 2 aromatic carbocycles. The van der Waals surface area contributed by atoms with Gasteiger partial charge in [-0.1, -0.05) is 36.4 Å². The zero-order chi connectivity index (χ0) is 17.6. The smallest absolute Gasteiger partial charge is 0.335 e. The predicted molar refractivity (Wildman–Crippen MR) is 93.6 cm³/mol. The van der Waals surface area contributed by atoms with E-state index in [0.717, 1.165) is 30.2 Å². The number of fused-ring (bicyclic) bond motifs is 1. The summed E-state index contributed by atoms with van der Waals surface area (Å²) in [6, 6.07) is 13.2. The lowest BCUT2D eigenvalue weighted by molar-refractivity contribution is -0.156. The van der Waals surface area contributed by atoms with Crippen LogP contribution in [0.25, 0.3) is 10.8 Å². The number of esters is 1. The van der Waals surface area contributed by atoms with Crippen LogP contribution >= 0.6 is 0 Å². The summed E-state index contributed by atoms with van der Waals surface area (Å²) in [6.07, 6.45) is 1.30. The van der Waals surface area contributed by atoms with Crippen LogP contribution in [-0.2, 0) is 19.0 Å². The summed E-state index contributed by atoms with van der Waals surface area (Å²) in [5.74, 6) is -0.766. The van der Waals surface area contributed by atoms with Gasteiger partial charge >= 0.3 is 5.97 Å². The van der Waals surface area contributed by atoms with Crippen LogP contribution in [0.4, 0.5) is 0 Å². The summed E-state index contributed by atoms with van der Waals surface area (Å²) < 4.78 is 16.0. The Balaban J connectivity index is 1.49. The van der Waals surface area contributed by atoms with Crippen molar-refractivity contribution < 1.29 is 23.8 Å². The van der Waals surface area contributed by atoms with E-state index >= 15 is 0 Å². The maximum absolute atomic E-state index is 12.2. The number of hydrogen-bond donors (Lipinski definition) is 0. The highest BCUT2D eigenvalue weighted by Crippen LogP contribution is 2.16. The van der Waals surface area contributed by atoms with Crippen LogP contribution in [0, 0.1) is 0 Å². The van der Waals surface area contributed by atoms with Crippen molar-refractivity contribution in [1.82, 2.24) is 0 Å². The molecule has 2 unspecified atom stereocenters. The van der Waals surface area contributed by atoms with E-state index in [2.05, 4.69) is 0 Å². The van der Waals surface area contributed by atoms with Gasteiger partial charge in [0.25, 0.3) is 0 Å². The van der Waals surface area contributed by atoms with Gasteiger partial charge in [-0.2, -0.15) is 0 Å².